The van der Waals surface area contributed by atoms with Gasteiger partial charge in [0.05, 0.1) is 0 Å². The molecule has 0 saturated heterocycles. The molecule has 0 aromatic carbocycles. The summed E-state index contributed by atoms with van der Waals surface area (Å²) in [7, 11) is 0. The summed E-state index contributed by atoms with van der Waals surface area (Å²) < 4.78 is 16.9. The topological polar surface area (TPSA) is 78.9 Å². The number of esters is 3. The Balaban J connectivity index is 4.19. The molecule has 0 bridgehead atoms. The zero-order chi connectivity index (χ0) is 51.9. The first kappa shape index (κ1) is 69.4. The van der Waals surface area contributed by atoms with E-state index in [2.05, 4.69) is 41.5 Å². The maximum absolute atomic E-state index is 12.9. The van der Waals surface area contributed by atoms with Crippen molar-refractivity contribution >= 4 is 17.9 Å². The van der Waals surface area contributed by atoms with Crippen molar-refractivity contribution in [2.75, 3.05) is 13.2 Å². The molecular formula is C65H126O6. The first-order valence-corrected chi connectivity index (χ1v) is 32.2. The summed E-state index contributed by atoms with van der Waals surface area (Å²) in [5.74, 6) is 1.74. The van der Waals surface area contributed by atoms with Crippen molar-refractivity contribution in [3.05, 3.63) is 0 Å². The van der Waals surface area contributed by atoms with Gasteiger partial charge in [0.15, 0.2) is 6.10 Å². The molecule has 0 aromatic heterocycles. The van der Waals surface area contributed by atoms with Crippen LogP contribution in [0.25, 0.3) is 0 Å². The van der Waals surface area contributed by atoms with E-state index >= 15 is 0 Å². The Morgan fingerprint density at radius 1 is 0.282 bits per heavy atom. The summed E-state index contributed by atoms with van der Waals surface area (Å²) in [6.45, 7) is 13.8. The van der Waals surface area contributed by atoms with Crippen molar-refractivity contribution in [1.82, 2.24) is 0 Å². The van der Waals surface area contributed by atoms with Gasteiger partial charge in [-0.1, -0.05) is 324 Å². The molecule has 0 spiro atoms. The number of hydrogen-bond donors (Lipinski definition) is 0. The number of hydrogen-bond acceptors (Lipinski definition) is 6. The minimum absolute atomic E-state index is 0.0635. The zero-order valence-electron chi connectivity index (χ0n) is 49.0. The van der Waals surface area contributed by atoms with Crippen LogP contribution in [-0.2, 0) is 28.6 Å². The van der Waals surface area contributed by atoms with Crippen molar-refractivity contribution in [1.29, 1.82) is 0 Å². The molecule has 0 N–H and O–H groups in total. The molecule has 0 aliphatic rings. The minimum Gasteiger partial charge on any atom is -0.462 e. The molecule has 0 saturated carbocycles. The summed E-state index contributed by atoms with van der Waals surface area (Å²) in [6, 6.07) is 0. The van der Waals surface area contributed by atoms with E-state index < -0.39 is 6.10 Å². The van der Waals surface area contributed by atoms with Gasteiger partial charge in [0.1, 0.15) is 13.2 Å². The van der Waals surface area contributed by atoms with Gasteiger partial charge >= 0.3 is 17.9 Å². The van der Waals surface area contributed by atoms with Gasteiger partial charge in [-0.3, -0.25) is 14.4 Å². The van der Waals surface area contributed by atoms with Crippen molar-refractivity contribution in [3.8, 4) is 0 Å². The highest BCUT2D eigenvalue weighted by Crippen LogP contribution is 2.20. The Morgan fingerprint density at radius 2 is 0.493 bits per heavy atom. The second kappa shape index (κ2) is 56.1. The Hall–Kier alpha value is -1.59. The molecule has 0 amide bonds. The fourth-order valence-electron chi connectivity index (χ4n) is 10.00. The lowest BCUT2D eigenvalue weighted by molar-refractivity contribution is -0.167. The summed E-state index contributed by atoms with van der Waals surface area (Å²) in [6.07, 6.45) is 61.1. The quantitative estimate of drug-likeness (QED) is 0.0343. The van der Waals surface area contributed by atoms with Crippen LogP contribution in [0.2, 0.25) is 0 Å². The lowest BCUT2D eigenvalue weighted by atomic mass is 9.99. The maximum Gasteiger partial charge on any atom is 0.306 e. The van der Waals surface area contributed by atoms with Gasteiger partial charge in [-0.2, -0.15) is 0 Å². The van der Waals surface area contributed by atoms with Crippen molar-refractivity contribution in [2.45, 2.75) is 369 Å². The normalized spacial score (nSPS) is 12.9. The van der Waals surface area contributed by atoms with Gasteiger partial charge in [0.25, 0.3) is 0 Å². The smallest absolute Gasteiger partial charge is 0.306 e. The van der Waals surface area contributed by atoms with E-state index in [0.29, 0.717) is 19.3 Å². The molecule has 71 heavy (non-hydrogen) atoms. The second-order valence-electron chi connectivity index (χ2n) is 23.4. The van der Waals surface area contributed by atoms with E-state index in [1.165, 1.54) is 244 Å². The van der Waals surface area contributed by atoms with Gasteiger partial charge in [-0.15, -0.1) is 0 Å². The van der Waals surface area contributed by atoms with Crippen LogP contribution in [0.15, 0.2) is 0 Å². The van der Waals surface area contributed by atoms with E-state index in [1.54, 1.807) is 0 Å². The van der Waals surface area contributed by atoms with E-state index in [-0.39, 0.29) is 31.1 Å². The third-order valence-electron chi connectivity index (χ3n) is 15.6. The van der Waals surface area contributed by atoms with E-state index in [0.717, 1.165) is 75.5 Å². The highest BCUT2D eigenvalue weighted by Gasteiger charge is 2.19. The molecule has 6 heteroatoms. The van der Waals surface area contributed by atoms with Crippen LogP contribution in [0.5, 0.6) is 0 Å². The van der Waals surface area contributed by atoms with E-state index in [1.807, 2.05) is 0 Å². The molecule has 422 valence electrons. The predicted molar refractivity (Wildman–Crippen MR) is 307 cm³/mol. The van der Waals surface area contributed by atoms with Crippen molar-refractivity contribution in [3.63, 3.8) is 0 Å². The van der Waals surface area contributed by atoms with Gasteiger partial charge in [-0.05, 0) is 37.0 Å². The van der Waals surface area contributed by atoms with Crippen LogP contribution < -0.4 is 0 Å². The highest BCUT2D eigenvalue weighted by molar-refractivity contribution is 5.71. The Bertz CT molecular complexity index is 1110. The molecule has 0 aliphatic carbocycles. The number of carbonyl (C=O) groups excluding carboxylic acids is 3. The minimum atomic E-state index is -0.765. The standard InChI is InChI=1S/C65H126O6/c1-7-60(5)52-46-40-34-30-26-22-18-14-10-12-15-19-23-27-31-35-42-48-54-63(66)69-57-62(58-70-64(67)55-49-43-38-37-41-47-53-61(6)8-2)71-65(68)56-50-44-36-32-28-24-20-16-11-9-13-17-21-25-29-33-39-45-51-59(3)4/h59-62H,7-58H2,1-6H3/t60?,61?,62-/m1/s1. The second-order valence-corrected chi connectivity index (χ2v) is 23.4. The predicted octanol–water partition coefficient (Wildman–Crippen LogP) is 21.5. The van der Waals surface area contributed by atoms with Gasteiger partial charge in [0.2, 0.25) is 0 Å². The SMILES string of the molecule is CCC(C)CCCCCCCCCCCCCCCCCCCCC(=O)OC[C@H](COC(=O)CCCCCCCCC(C)CC)OC(=O)CCCCCCCCCCCCCCCCCCCCC(C)C. The number of ether oxygens (including phenoxy) is 3. The number of unbranched alkanes of at least 4 members (excludes halogenated alkanes) is 39. The third-order valence-corrected chi connectivity index (χ3v) is 15.6. The average Bonchev–Trinajstić information content (AvgIpc) is 3.36. The van der Waals surface area contributed by atoms with Crippen LogP contribution in [0.4, 0.5) is 0 Å². The fraction of sp³-hybridized carbons (Fsp3) is 0.954. The Morgan fingerprint density at radius 3 is 0.732 bits per heavy atom. The van der Waals surface area contributed by atoms with Crippen LogP contribution in [0.1, 0.15) is 363 Å². The Labute approximate surface area is 444 Å². The number of rotatable bonds is 58. The lowest BCUT2D eigenvalue weighted by Crippen LogP contribution is -2.30. The van der Waals surface area contributed by atoms with Crippen molar-refractivity contribution < 1.29 is 28.6 Å². The first-order chi connectivity index (χ1) is 34.7. The zero-order valence-corrected chi connectivity index (χ0v) is 49.0. The number of carbonyl (C=O) groups is 3. The molecule has 0 radical (unpaired) electrons. The summed E-state index contributed by atoms with van der Waals surface area (Å²) >= 11 is 0. The van der Waals surface area contributed by atoms with Gasteiger partial charge in [-0.25, -0.2) is 0 Å². The summed E-state index contributed by atoms with van der Waals surface area (Å²) in [5, 5.41) is 0. The average molecular weight is 1000 g/mol. The van der Waals surface area contributed by atoms with Crippen LogP contribution in [0, 0.1) is 17.8 Å². The molecule has 3 atom stereocenters. The van der Waals surface area contributed by atoms with Gasteiger partial charge < -0.3 is 14.2 Å². The fourth-order valence-corrected chi connectivity index (χ4v) is 10.00. The first-order valence-electron chi connectivity index (χ1n) is 32.2. The molecule has 2 unspecified atom stereocenters. The summed E-state index contributed by atoms with van der Waals surface area (Å²) in [5.41, 5.74) is 0. The lowest BCUT2D eigenvalue weighted by Gasteiger charge is -2.18. The molecule has 0 heterocycles. The molecular weight excluding hydrogens is 877 g/mol. The van der Waals surface area contributed by atoms with E-state index in [4.69, 9.17) is 14.2 Å². The molecule has 0 fully saturated rings. The molecule has 6 nitrogen and oxygen atoms in total. The molecule has 0 aromatic rings. The summed E-state index contributed by atoms with van der Waals surface area (Å²) in [4.78, 5) is 38.2. The maximum atomic E-state index is 12.9. The van der Waals surface area contributed by atoms with Crippen LogP contribution >= 0.6 is 0 Å². The van der Waals surface area contributed by atoms with Crippen LogP contribution in [-0.4, -0.2) is 37.2 Å². The monoisotopic (exact) mass is 1000 g/mol. The largest absolute Gasteiger partial charge is 0.462 e. The van der Waals surface area contributed by atoms with Gasteiger partial charge in [0, 0.05) is 19.3 Å². The van der Waals surface area contributed by atoms with E-state index in [9.17, 15) is 14.4 Å². The molecule has 0 rings (SSSR count). The highest BCUT2D eigenvalue weighted by atomic mass is 16.6. The molecule has 0 aliphatic heterocycles. The Kier molecular flexibility index (Phi) is 54.9. The van der Waals surface area contributed by atoms with Crippen LogP contribution in [0.3, 0.4) is 0 Å². The van der Waals surface area contributed by atoms with Crippen molar-refractivity contribution in [2.24, 2.45) is 17.8 Å². The third kappa shape index (κ3) is 56.0.